The first kappa shape index (κ1) is 16.2. The summed E-state index contributed by atoms with van der Waals surface area (Å²) in [5, 5.41) is 5.34. The maximum atomic E-state index is 13.5. The molecule has 24 heavy (non-hydrogen) atoms. The molecule has 0 atom stereocenters. The van der Waals surface area contributed by atoms with Crippen LogP contribution in [0.15, 0.2) is 47.1 Å². The van der Waals surface area contributed by atoms with Gasteiger partial charge in [-0.3, -0.25) is 9.59 Å². The minimum absolute atomic E-state index is 0.114. The Balaban J connectivity index is 1.56. The molecular weight excluding hydrogens is 311 g/mol. The Morgan fingerprint density at radius 2 is 2.00 bits per heavy atom. The average molecular weight is 330 g/mol. The number of nitrogens with one attached hydrogen (secondary N) is 2. The number of rotatable bonds is 6. The summed E-state index contributed by atoms with van der Waals surface area (Å²) in [5.41, 5.74) is -0.0501. The van der Waals surface area contributed by atoms with E-state index >= 15 is 0 Å². The van der Waals surface area contributed by atoms with E-state index < -0.39 is 5.41 Å². The number of carbonyl (C=O) groups is 2. The molecule has 2 amide bonds. The molecule has 1 aliphatic rings. The van der Waals surface area contributed by atoms with Gasteiger partial charge in [0.1, 0.15) is 11.6 Å². The van der Waals surface area contributed by atoms with Crippen LogP contribution in [0.1, 0.15) is 30.6 Å². The van der Waals surface area contributed by atoms with Crippen molar-refractivity contribution in [2.75, 3.05) is 6.54 Å². The lowest BCUT2D eigenvalue weighted by molar-refractivity contribution is -0.132. The van der Waals surface area contributed by atoms with Crippen LogP contribution in [-0.2, 0) is 21.5 Å². The van der Waals surface area contributed by atoms with Gasteiger partial charge in [0, 0.05) is 0 Å². The van der Waals surface area contributed by atoms with Gasteiger partial charge in [0.15, 0.2) is 0 Å². The predicted octanol–water partition coefficient (Wildman–Crippen LogP) is 2.27. The highest BCUT2D eigenvalue weighted by Gasteiger charge is 2.45. The molecule has 1 aromatic carbocycles. The topological polar surface area (TPSA) is 71.3 Å². The lowest BCUT2D eigenvalue weighted by Crippen LogP contribution is -2.51. The molecule has 0 radical (unpaired) electrons. The van der Waals surface area contributed by atoms with Crippen molar-refractivity contribution in [1.82, 2.24) is 10.6 Å². The molecule has 0 spiro atoms. The monoisotopic (exact) mass is 330 g/mol. The number of carbonyl (C=O) groups excluding carboxylic acids is 2. The van der Waals surface area contributed by atoms with Crippen molar-refractivity contribution in [3.05, 3.63) is 59.8 Å². The van der Waals surface area contributed by atoms with Crippen molar-refractivity contribution >= 4 is 11.8 Å². The fourth-order valence-electron chi connectivity index (χ4n) is 2.95. The Labute approximate surface area is 139 Å². The van der Waals surface area contributed by atoms with Crippen molar-refractivity contribution in [3.8, 4) is 0 Å². The van der Waals surface area contributed by atoms with Crippen molar-refractivity contribution in [2.24, 2.45) is 0 Å². The number of hydrogen-bond acceptors (Lipinski definition) is 3. The lowest BCUT2D eigenvalue weighted by atomic mass is 9.64. The highest BCUT2D eigenvalue weighted by Crippen LogP contribution is 2.44. The zero-order valence-electron chi connectivity index (χ0n) is 13.2. The molecule has 1 aromatic heterocycles. The first-order valence-corrected chi connectivity index (χ1v) is 7.94. The number of hydrogen-bond donors (Lipinski definition) is 2. The third-order valence-electron chi connectivity index (χ3n) is 4.47. The van der Waals surface area contributed by atoms with Crippen molar-refractivity contribution < 1.29 is 18.4 Å². The summed E-state index contributed by atoms with van der Waals surface area (Å²) in [6, 6.07) is 9.62. The van der Waals surface area contributed by atoms with E-state index in [2.05, 4.69) is 10.6 Å². The molecule has 1 heterocycles. The molecule has 5 nitrogen and oxygen atoms in total. The number of furan rings is 1. The second-order valence-electron chi connectivity index (χ2n) is 5.98. The molecule has 2 aromatic rings. The van der Waals surface area contributed by atoms with E-state index in [-0.39, 0.29) is 30.7 Å². The van der Waals surface area contributed by atoms with Gasteiger partial charge in [0.05, 0.1) is 24.8 Å². The molecule has 0 bridgehead atoms. The standard InChI is InChI=1S/C18H19FN2O3/c19-14-5-1-4-13(10-14)18(7-3-8-18)17(23)21-12-16(22)20-11-15-6-2-9-24-15/h1-2,4-6,9-10H,3,7-8,11-12H2,(H,20,22)(H,21,23). The van der Waals surface area contributed by atoms with Crippen LogP contribution < -0.4 is 10.6 Å². The number of amides is 2. The maximum absolute atomic E-state index is 13.5. The van der Waals surface area contributed by atoms with Gasteiger partial charge in [-0.25, -0.2) is 4.39 Å². The molecule has 6 heteroatoms. The summed E-state index contributed by atoms with van der Waals surface area (Å²) in [6.07, 6.45) is 3.77. The Bertz CT molecular complexity index is 724. The third-order valence-corrected chi connectivity index (χ3v) is 4.47. The van der Waals surface area contributed by atoms with E-state index in [1.54, 1.807) is 24.3 Å². The van der Waals surface area contributed by atoms with E-state index in [9.17, 15) is 14.0 Å². The van der Waals surface area contributed by atoms with Gasteiger partial charge in [-0.05, 0) is 42.7 Å². The van der Waals surface area contributed by atoms with Gasteiger partial charge >= 0.3 is 0 Å². The SMILES string of the molecule is O=C(CNC(=O)C1(c2cccc(F)c2)CCC1)NCc1ccco1. The van der Waals surface area contributed by atoms with E-state index in [1.807, 2.05) is 0 Å². The van der Waals surface area contributed by atoms with Crippen LogP contribution in [0.4, 0.5) is 4.39 Å². The summed E-state index contributed by atoms with van der Waals surface area (Å²) >= 11 is 0. The quantitative estimate of drug-likeness (QED) is 0.853. The van der Waals surface area contributed by atoms with Crippen LogP contribution in [0.3, 0.4) is 0 Å². The van der Waals surface area contributed by atoms with Crippen LogP contribution in [0.5, 0.6) is 0 Å². The lowest BCUT2D eigenvalue weighted by Gasteiger charge is -2.40. The van der Waals surface area contributed by atoms with Gasteiger partial charge in [0.2, 0.25) is 11.8 Å². The van der Waals surface area contributed by atoms with Gasteiger partial charge < -0.3 is 15.1 Å². The van der Waals surface area contributed by atoms with Crippen LogP contribution >= 0.6 is 0 Å². The van der Waals surface area contributed by atoms with E-state index in [0.717, 1.165) is 6.42 Å². The minimum Gasteiger partial charge on any atom is -0.467 e. The van der Waals surface area contributed by atoms with Gasteiger partial charge in [-0.15, -0.1) is 0 Å². The molecule has 1 saturated carbocycles. The molecule has 0 unspecified atom stereocenters. The Morgan fingerprint density at radius 3 is 2.62 bits per heavy atom. The fraction of sp³-hybridized carbons (Fsp3) is 0.333. The zero-order valence-corrected chi connectivity index (χ0v) is 13.2. The molecule has 1 aliphatic carbocycles. The van der Waals surface area contributed by atoms with Crippen LogP contribution in [0.2, 0.25) is 0 Å². The normalized spacial score (nSPS) is 15.4. The molecule has 0 aliphatic heterocycles. The average Bonchev–Trinajstić information content (AvgIpc) is 3.03. The fourth-order valence-corrected chi connectivity index (χ4v) is 2.95. The summed E-state index contributed by atoms with van der Waals surface area (Å²) in [4.78, 5) is 24.4. The highest BCUT2D eigenvalue weighted by atomic mass is 19.1. The summed E-state index contributed by atoms with van der Waals surface area (Å²) < 4.78 is 18.6. The van der Waals surface area contributed by atoms with Gasteiger partial charge in [0.25, 0.3) is 0 Å². The van der Waals surface area contributed by atoms with Gasteiger partial charge in [-0.2, -0.15) is 0 Å². The van der Waals surface area contributed by atoms with Gasteiger partial charge in [-0.1, -0.05) is 18.6 Å². The molecule has 0 saturated heterocycles. The number of halogens is 1. The summed E-state index contributed by atoms with van der Waals surface area (Å²) in [6.45, 7) is 0.160. The molecular formula is C18H19FN2O3. The Hall–Kier alpha value is -2.63. The van der Waals surface area contributed by atoms with E-state index in [1.165, 1.54) is 18.4 Å². The first-order valence-electron chi connectivity index (χ1n) is 7.94. The highest BCUT2D eigenvalue weighted by molar-refractivity contribution is 5.92. The van der Waals surface area contributed by atoms with E-state index in [0.29, 0.717) is 24.2 Å². The largest absolute Gasteiger partial charge is 0.467 e. The minimum atomic E-state index is -0.719. The summed E-state index contributed by atoms with van der Waals surface area (Å²) in [5.74, 6) is -0.242. The second-order valence-corrected chi connectivity index (χ2v) is 5.98. The third kappa shape index (κ3) is 3.32. The molecule has 3 rings (SSSR count). The van der Waals surface area contributed by atoms with Crippen molar-refractivity contribution in [3.63, 3.8) is 0 Å². The smallest absolute Gasteiger partial charge is 0.239 e. The molecule has 126 valence electrons. The van der Waals surface area contributed by atoms with E-state index in [4.69, 9.17) is 4.42 Å². The molecule has 1 fully saturated rings. The summed E-state index contributed by atoms with van der Waals surface area (Å²) in [7, 11) is 0. The maximum Gasteiger partial charge on any atom is 0.239 e. The van der Waals surface area contributed by atoms with Crippen molar-refractivity contribution in [1.29, 1.82) is 0 Å². The van der Waals surface area contributed by atoms with Crippen LogP contribution in [-0.4, -0.2) is 18.4 Å². The number of benzene rings is 1. The van der Waals surface area contributed by atoms with Crippen LogP contribution in [0.25, 0.3) is 0 Å². The first-order chi connectivity index (χ1) is 11.6. The van der Waals surface area contributed by atoms with Crippen LogP contribution in [0, 0.1) is 5.82 Å². The second kappa shape index (κ2) is 6.86. The molecule has 2 N–H and O–H groups in total. The zero-order chi connectivity index (χ0) is 17.0. The van der Waals surface area contributed by atoms with Crippen molar-refractivity contribution in [2.45, 2.75) is 31.2 Å². The Morgan fingerprint density at radius 1 is 1.17 bits per heavy atom. The predicted molar refractivity (Wildman–Crippen MR) is 85.5 cm³/mol. The Kier molecular flexibility index (Phi) is 4.64.